The van der Waals surface area contributed by atoms with Crippen LogP contribution in [0.5, 0.6) is 0 Å². The van der Waals surface area contributed by atoms with Gasteiger partial charge in [-0.1, -0.05) is 34.1 Å². The summed E-state index contributed by atoms with van der Waals surface area (Å²) in [5, 5.41) is 0.669. The Kier molecular flexibility index (Phi) is 7.87. The van der Waals surface area contributed by atoms with Gasteiger partial charge >= 0.3 is 0 Å². The van der Waals surface area contributed by atoms with Gasteiger partial charge in [-0.15, -0.1) is 0 Å². The Morgan fingerprint density at radius 2 is 1.85 bits per heavy atom. The van der Waals surface area contributed by atoms with Gasteiger partial charge in [-0.3, -0.25) is 0 Å². The summed E-state index contributed by atoms with van der Waals surface area (Å²) < 4.78 is 0. The Morgan fingerprint density at radius 1 is 1.23 bits per heavy atom. The molecule has 13 heavy (non-hydrogen) atoms. The molecule has 0 aromatic carbocycles. The molecule has 1 nitrogen and oxygen atoms in total. The van der Waals surface area contributed by atoms with Crippen LogP contribution in [0.1, 0.15) is 40.5 Å². The van der Waals surface area contributed by atoms with E-state index in [2.05, 4.69) is 39.5 Å². The second-order valence-corrected chi connectivity index (χ2v) is 5.54. The second-order valence-electron chi connectivity index (χ2n) is 4.27. The van der Waals surface area contributed by atoms with Gasteiger partial charge in [0.15, 0.2) is 0 Å². The summed E-state index contributed by atoms with van der Waals surface area (Å²) in [4.78, 5) is 0. The van der Waals surface area contributed by atoms with Crippen molar-refractivity contribution in [2.75, 3.05) is 12.3 Å². The fourth-order valence-electron chi connectivity index (χ4n) is 1.42. The highest BCUT2D eigenvalue weighted by atomic mass is 32.2. The Morgan fingerprint density at radius 3 is 2.23 bits per heavy atom. The lowest BCUT2D eigenvalue weighted by Crippen LogP contribution is -2.25. The number of hydrogen-bond acceptors (Lipinski definition) is 2. The summed E-state index contributed by atoms with van der Waals surface area (Å²) in [7, 11) is 0. The molecule has 0 aliphatic rings. The fourth-order valence-corrected chi connectivity index (χ4v) is 2.65. The summed E-state index contributed by atoms with van der Waals surface area (Å²) in [5.74, 6) is 2.81. The van der Waals surface area contributed by atoms with Crippen molar-refractivity contribution in [2.24, 2.45) is 17.6 Å². The highest BCUT2D eigenvalue weighted by molar-refractivity contribution is 7.99. The standard InChI is InChI=1S/C11H25NS/c1-5-6-10(4)11(7-12)13-8-9(2)3/h9-11H,5-8,12H2,1-4H3. The minimum absolute atomic E-state index is 0.669. The van der Waals surface area contributed by atoms with Gasteiger partial charge in [0, 0.05) is 11.8 Å². The van der Waals surface area contributed by atoms with Crippen LogP contribution in [0.4, 0.5) is 0 Å². The molecule has 2 heteroatoms. The molecule has 0 saturated heterocycles. The van der Waals surface area contributed by atoms with E-state index in [1.165, 1.54) is 18.6 Å². The number of rotatable bonds is 7. The molecule has 0 spiro atoms. The number of nitrogens with two attached hydrogens (primary N) is 1. The molecule has 2 atom stereocenters. The Balaban J connectivity index is 3.73. The average Bonchev–Trinajstić information content (AvgIpc) is 2.05. The van der Waals surface area contributed by atoms with E-state index < -0.39 is 0 Å². The van der Waals surface area contributed by atoms with Crippen LogP contribution >= 0.6 is 11.8 Å². The van der Waals surface area contributed by atoms with Crippen LogP contribution in [0.25, 0.3) is 0 Å². The maximum Gasteiger partial charge on any atom is 0.0195 e. The van der Waals surface area contributed by atoms with Crippen LogP contribution in [0.3, 0.4) is 0 Å². The largest absolute Gasteiger partial charge is 0.329 e. The van der Waals surface area contributed by atoms with E-state index in [4.69, 9.17) is 5.73 Å². The van der Waals surface area contributed by atoms with E-state index in [0.29, 0.717) is 5.25 Å². The maximum absolute atomic E-state index is 5.77. The van der Waals surface area contributed by atoms with Gasteiger partial charge in [-0.25, -0.2) is 0 Å². The van der Waals surface area contributed by atoms with Crippen LogP contribution in [-0.4, -0.2) is 17.5 Å². The predicted octanol–water partition coefficient (Wildman–Crippen LogP) is 3.14. The van der Waals surface area contributed by atoms with Crippen LogP contribution in [0.15, 0.2) is 0 Å². The topological polar surface area (TPSA) is 26.0 Å². The molecule has 0 aromatic heterocycles. The molecule has 0 saturated carbocycles. The van der Waals surface area contributed by atoms with E-state index in [9.17, 15) is 0 Å². The van der Waals surface area contributed by atoms with Crippen molar-refractivity contribution < 1.29 is 0 Å². The molecule has 0 radical (unpaired) electrons. The third-order valence-electron chi connectivity index (χ3n) is 2.25. The number of hydrogen-bond donors (Lipinski definition) is 1. The predicted molar refractivity (Wildman–Crippen MR) is 64.2 cm³/mol. The Hall–Kier alpha value is 0.310. The Labute approximate surface area is 87.9 Å². The van der Waals surface area contributed by atoms with Gasteiger partial charge in [-0.2, -0.15) is 11.8 Å². The molecule has 0 rings (SSSR count). The van der Waals surface area contributed by atoms with Crippen molar-refractivity contribution in [1.29, 1.82) is 0 Å². The lowest BCUT2D eigenvalue weighted by molar-refractivity contribution is 0.505. The fraction of sp³-hybridized carbons (Fsp3) is 1.00. The van der Waals surface area contributed by atoms with Gasteiger partial charge in [0.1, 0.15) is 0 Å². The molecular formula is C11H25NS. The minimum Gasteiger partial charge on any atom is -0.329 e. The lowest BCUT2D eigenvalue weighted by atomic mass is 10.0. The van der Waals surface area contributed by atoms with E-state index in [1.54, 1.807) is 0 Å². The quantitative estimate of drug-likeness (QED) is 0.688. The lowest BCUT2D eigenvalue weighted by Gasteiger charge is -2.22. The molecule has 0 aromatic rings. The summed E-state index contributed by atoms with van der Waals surface area (Å²) in [6.07, 6.45) is 2.59. The molecule has 0 aliphatic heterocycles. The summed E-state index contributed by atoms with van der Waals surface area (Å²) in [6.45, 7) is 9.94. The van der Waals surface area contributed by atoms with Crippen molar-refractivity contribution in [1.82, 2.24) is 0 Å². The normalized spacial score (nSPS) is 16.2. The highest BCUT2D eigenvalue weighted by Gasteiger charge is 2.15. The molecule has 0 amide bonds. The molecule has 0 bridgehead atoms. The van der Waals surface area contributed by atoms with E-state index in [1.807, 2.05) is 0 Å². The molecular weight excluding hydrogens is 178 g/mol. The zero-order valence-corrected chi connectivity index (χ0v) is 10.4. The van der Waals surface area contributed by atoms with Gasteiger partial charge in [0.25, 0.3) is 0 Å². The smallest absolute Gasteiger partial charge is 0.0195 e. The van der Waals surface area contributed by atoms with E-state index in [0.717, 1.165) is 18.4 Å². The first kappa shape index (κ1) is 13.3. The molecule has 80 valence electrons. The van der Waals surface area contributed by atoms with Crippen LogP contribution in [0, 0.1) is 11.8 Å². The SMILES string of the molecule is CCCC(C)C(CN)SCC(C)C. The first-order valence-electron chi connectivity index (χ1n) is 5.43. The van der Waals surface area contributed by atoms with E-state index >= 15 is 0 Å². The first-order chi connectivity index (χ1) is 6.11. The third-order valence-corrected chi connectivity index (χ3v) is 4.20. The van der Waals surface area contributed by atoms with Gasteiger partial charge in [0.05, 0.1) is 0 Å². The second kappa shape index (κ2) is 7.69. The molecule has 0 heterocycles. The minimum atomic E-state index is 0.669. The van der Waals surface area contributed by atoms with Crippen molar-refractivity contribution in [3.05, 3.63) is 0 Å². The van der Waals surface area contributed by atoms with Crippen molar-refractivity contribution >= 4 is 11.8 Å². The molecule has 0 aliphatic carbocycles. The summed E-state index contributed by atoms with van der Waals surface area (Å²) >= 11 is 2.05. The average molecular weight is 203 g/mol. The van der Waals surface area contributed by atoms with Crippen molar-refractivity contribution in [3.63, 3.8) is 0 Å². The highest BCUT2D eigenvalue weighted by Crippen LogP contribution is 2.24. The van der Waals surface area contributed by atoms with Crippen molar-refractivity contribution in [3.8, 4) is 0 Å². The van der Waals surface area contributed by atoms with Crippen LogP contribution < -0.4 is 5.73 Å². The van der Waals surface area contributed by atoms with Crippen molar-refractivity contribution in [2.45, 2.75) is 45.8 Å². The zero-order chi connectivity index (χ0) is 10.3. The summed E-state index contributed by atoms with van der Waals surface area (Å²) in [5.41, 5.74) is 5.77. The molecule has 0 fully saturated rings. The monoisotopic (exact) mass is 203 g/mol. The third kappa shape index (κ3) is 6.39. The Bertz CT molecular complexity index is 115. The van der Waals surface area contributed by atoms with Crippen LogP contribution in [-0.2, 0) is 0 Å². The van der Waals surface area contributed by atoms with E-state index in [-0.39, 0.29) is 0 Å². The number of thioether (sulfide) groups is 1. The molecule has 2 N–H and O–H groups in total. The van der Waals surface area contributed by atoms with Crippen LogP contribution in [0.2, 0.25) is 0 Å². The van der Waals surface area contributed by atoms with Gasteiger partial charge < -0.3 is 5.73 Å². The van der Waals surface area contributed by atoms with Gasteiger partial charge in [0.2, 0.25) is 0 Å². The first-order valence-corrected chi connectivity index (χ1v) is 6.48. The maximum atomic E-state index is 5.77. The van der Waals surface area contributed by atoms with Gasteiger partial charge in [-0.05, 0) is 24.0 Å². The zero-order valence-electron chi connectivity index (χ0n) is 9.55. The summed E-state index contributed by atoms with van der Waals surface area (Å²) in [6, 6.07) is 0. The molecule has 2 unspecified atom stereocenters.